The van der Waals surface area contributed by atoms with E-state index in [-0.39, 0.29) is 114 Å². The van der Waals surface area contributed by atoms with Crippen molar-refractivity contribution < 1.29 is 120 Å². The van der Waals surface area contributed by atoms with Gasteiger partial charge in [0.1, 0.15) is 0 Å². The molecule has 0 radical (unpaired) electrons. The molecule has 0 saturated heterocycles. The van der Waals surface area contributed by atoms with E-state index in [2.05, 4.69) is 0 Å². The Bertz CT molecular complexity index is 154. The predicted molar refractivity (Wildman–Crippen MR) is 36.7 cm³/mol. The summed E-state index contributed by atoms with van der Waals surface area (Å²) < 4.78 is 39.4. The first-order chi connectivity index (χ1) is 4.63. The molecule has 8 heteroatoms. The van der Waals surface area contributed by atoms with Crippen LogP contribution in [-0.2, 0) is 22.2 Å². The Balaban J connectivity index is -0.000000405. The Labute approximate surface area is 162 Å². The van der Waals surface area contributed by atoms with Crippen LogP contribution in [0.4, 0.5) is 0 Å². The van der Waals surface area contributed by atoms with Gasteiger partial charge in [-0.2, -0.15) is 0 Å². The SMILES string of the molecule is O=S([O-])C/C=C/CS(=O)[O-].[K+].[K+]. The van der Waals surface area contributed by atoms with Crippen LogP contribution in [0.3, 0.4) is 0 Å². The first-order valence-electron chi connectivity index (χ1n) is 2.39. The van der Waals surface area contributed by atoms with Gasteiger partial charge in [-0.15, -0.1) is 0 Å². The van der Waals surface area contributed by atoms with Gasteiger partial charge in [-0.3, -0.25) is 8.42 Å². The fourth-order valence-electron chi connectivity index (χ4n) is 0.293. The molecule has 0 rings (SSSR count). The standard InChI is InChI=1S/C4H8O4S2.2K/c5-9(6)3-1-2-4-10(7)8;;/h1-2H,3-4H2,(H,5,6)(H,7,8);;/q;2*+1/p-2/b2-1+;;. The molecule has 2 atom stereocenters. The Morgan fingerprint density at radius 2 is 1.17 bits per heavy atom. The molecule has 0 amide bonds. The summed E-state index contributed by atoms with van der Waals surface area (Å²) in [5.41, 5.74) is 0. The first kappa shape index (κ1) is 20.6. The molecule has 0 fully saturated rings. The van der Waals surface area contributed by atoms with Gasteiger partial charge in [0.05, 0.1) is 0 Å². The normalized spacial score (nSPS) is 14.5. The Kier molecular flexibility index (Phi) is 24.5. The molecular formula is C4H6K2O4S2. The van der Waals surface area contributed by atoms with E-state index in [0.29, 0.717) is 0 Å². The van der Waals surface area contributed by atoms with E-state index in [1.165, 1.54) is 12.2 Å². The molecule has 0 saturated carbocycles. The summed E-state index contributed by atoms with van der Waals surface area (Å²) in [5.74, 6) is -0.256. The molecule has 0 aromatic rings. The van der Waals surface area contributed by atoms with Crippen LogP contribution in [-0.4, -0.2) is 29.0 Å². The maximum absolute atomic E-state index is 9.84. The van der Waals surface area contributed by atoms with Crippen molar-refractivity contribution in [1.29, 1.82) is 0 Å². The molecule has 0 spiro atoms. The number of hydrogen-bond acceptors (Lipinski definition) is 4. The second-order valence-corrected chi connectivity index (χ2v) is 3.29. The van der Waals surface area contributed by atoms with Crippen LogP contribution in [0.2, 0.25) is 0 Å². The van der Waals surface area contributed by atoms with Gasteiger partial charge in [0.2, 0.25) is 0 Å². The molecule has 0 N–H and O–H groups in total. The van der Waals surface area contributed by atoms with E-state index in [9.17, 15) is 17.5 Å². The molecular weight excluding hydrogens is 254 g/mol. The maximum atomic E-state index is 9.84. The van der Waals surface area contributed by atoms with E-state index >= 15 is 0 Å². The molecule has 12 heavy (non-hydrogen) atoms. The molecule has 0 heterocycles. The summed E-state index contributed by atoms with van der Waals surface area (Å²) in [6, 6.07) is 0. The summed E-state index contributed by atoms with van der Waals surface area (Å²) in [5, 5.41) is 0. The molecule has 0 aromatic carbocycles. The summed E-state index contributed by atoms with van der Waals surface area (Å²) in [6.45, 7) is 0. The van der Waals surface area contributed by atoms with E-state index < -0.39 is 22.2 Å². The van der Waals surface area contributed by atoms with Crippen molar-refractivity contribution in [3.63, 3.8) is 0 Å². The topological polar surface area (TPSA) is 80.3 Å². The summed E-state index contributed by atoms with van der Waals surface area (Å²) in [4.78, 5) is 0. The van der Waals surface area contributed by atoms with Crippen LogP contribution in [0, 0.1) is 0 Å². The van der Waals surface area contributed by atoms with E-state index in [1.807, 2.05) is 0 Å². The monoisotopic (exact) mass is 260 g/mol. The quantitative estimate of drug-likeness (QED) is 0.286. The summed E-state index contributed by atoms with van der Waals surface area (Å²) in [7, 11) is 0. The van der Waals surface area contributed by atoms with Crippen LogP contribution in [0.25, 0.3) is 0 Å². The van der Waals surface area contributed by atoms with Gasteiger partial charge in [0.25, 0.3) is 0 Å². The maximum Gasteiger partial charge on any atom is 1.00 e. The van der Waals surface area contributed by atoms with Crippen LogP contribution in [0.15, 0.2) is 12.2 Å². The van der Waals surface area contributed by atoms with E-state index in [0.717, 1.165) is 0 Å². The van der Waals surface area contributed by atoms with Crippen molar-refractivity contribution in [2.45, 2.75) is 0 Å². The molecule has 0 aliphatic rings. The summed E-state index contributed by atoms with van der Waals surface area (Å²) in [6.07, 6.45) is 2.58. The zero-order valence-electron chi connectivity index (χ0n) is 7.02. The third kappa shape index (κ3) is 18.9. The van der Waals surface area contributed by atoms with Crippen molar-refractivity contribution in [2.75, 3.05) is 11.5 Å². The number of hydrogen-bond donors (Lipinski definition) is 0. The fourth-order valence-corrected chi connectivity index (χ4v) is 0.880. The molecule has 4 nitrogen and oxygen atoms in total. The average Bonchev–Trinajstić information content (AvgIpc) is 1.79. The molecule has 2 unspecified atom stereocenters. The fraction of sp³-hybridized carbons (Fsp3) is 0.500. The second kappa shape index (κ2) is 14.2. The second-order valence-electron chi connectivity index (χ2n) is 1.41. The van der Waals surface area contributed by atoms with E-state index in [4.69, 9.17) is 0 Å². The minimum absolute atomic E-state index is 0. The Hall–Kier alpha value is 3.23. The van der Waals surface area contributed by atoms with Crippen LogP contribution >= 0.6 is 0 Å². The minimum Gasteiger partial charge on any atom is -0.772 e. The van der Waals surface area contributed by atoms with Crippen LogP contribution in [0.5, 0.6) is 0 Å². The Morgan fingerprint density at radius 1 is 0.917 bits per heavy atom. The van der Waals surface area contributed by atoms with Crippen LogP contribution in [0.1, 0.15) is 0 Å². The zero-order valence-corrected chi connectivity index (χ0v) is 14.9. The third-order valence-corrected chi connectivity index (χ3v) is 1.56. The summed E-state index contributed by atoms with van der Waals surface area (Å²) >= 11 is -4.24. The Morgan fingerprint density at radius 3 is 1.33 bits per heavy atom. The minimum atomic E-state index is -2.12. The molecule has 0 aliphatic carbocycles. The van der Waals surface area contributed by atoms with Gasteiger partial charge >= 0.3 is 103 Å². The molecule has 0 bridgehead atoms. The van der Waals surface area contributed by atoms with Crippen LogP contribution < -0.4 is 103 Å². The van der Waals surface area contributed by atoms with Gasteiger partial charge in [-0.05, 0) is 0 Å². The third-order valence-electron chi connectivity index (χ3n) is 0.631. The number of rotatable bonds is 4. The molecule has 0 aliphatic heterocycles. The van der Waals surface area contributed by atoms with Crippen molar-refractivity contribution in [1.82, 2.24) is 0 Å². The smallest absolute Gasteiger partial charge is 0.772 e. The van der Waals surface area contributed by atoms with Crippen molar-refractivity contribution in [3.05, 3.63) is 12.2 Å². The average molecular weight is 260 g/mol. The zero-order chi connectivity index (χ0) is 7.98. The van der Waals surface area contributed by atoms with Crippen molar-refractivity contribution in [2.24, 2.45) is 0 Å². The van der Waals surface area contributed by atoms with Gasteiger partial charge in [0.15, 0.2) is 0 Å². The van der Waals surface area contributed by atoms with Crippen molar-refractivity contribution in [3.8, 4) is 0 Å². The van der Waals surface area contributed by atoms with Crippen molar-refractivity contribution >= 4 is 22.2 Å². The van der Waals surface area contributed by atoms with Gasteiger partial charge in [-0.25, -0.2) is 0 Å². The van der Waals surface area contributed by atoms with E-state index in [1.54, 1.807) is 0 Å². The molecule has 60 valence electrons. The predicted octanol–water partition coefficient (Wildman–Crippen LogP) is -6.69. The molecule has 0 aromatic heterocycles. The first-order valence-corrected chi connectivity index (χ1v) is 4.88. The van der Waals surface area contributed by atoms with Gasteiger partial charge in [-0.1, -0.05) is 34.3 Å². The van der Waals surface area contributed by atoms with Gasteiger partial charge < -0.3 is 9.11 Å². The van der Waals surface area contributed by atoms with Gasteiger partial charge in [0, 0.05) is 11.5 Å². The largest absolute Gasteiger partial charge is 1.00 e.